The van der Waals surface area contributed by atoms with Crippen LogP contribution in [0.5, 0.6) is 5.75 Å². The molecule has 27 heavy (non-hydrogen) atoms. The summed E-state index contributed by atoms with van der Waals surface area (Å²) in [6, 6.07) is 7.95. The Morgan fingerprint density at radius 2 is 1.89 bits per heavy atom. The molecule has 0 aliphatic rings. The Morgan fingerprint density at radius 3 is 2.52 bits per heavy atom. The van der Waals surface area contributed by atoms with E-state index in [1.807, 2.05) is 38.1 Å². The molecule has 154 valence electrons. The van der Waals surface area contributed by atoms with E-state index in [1.165, 1.54) is 6.26 Å². The summed E-state index contributed by atoms with van der Waals surface area (Å²) in [6.07, 6.45) is 2.81. The summed E-state index contributed by atoms with van der Waals surface area (Å²) in [5.74, 6) is 2.30. The number of ether oxygens (including phenoxy) is 1. The quantitative estimate of drug-likeness (QED) is 0.443. The molecule has 7 heteroatoms. The summed E-state index contributed by atoms with van der Waals surface area (Å²) in [4.78, 5) is 4.64. The fourth-order valence-corrected chi connectivity index (χ4v) is 3.14. The zero-order valence-corrected chi connectivity index (χ0v) is 18.1. The summed E-state index contributed by atoms with van der Waals surface area (Å²) in [7, 11) is -2.96. The van der Waals surface area contributed by atoms with Crippen LogP contribution in [-0.2, 0) is 16.4 Å². The van der Waals surface area contributed by atoms with Crippen LogP contribution >= 0.6 is 0 Å². The van der Waals surface area contributed by atoms with E-state index in [4.69, 9.17) is 4.74 Å². The van der Waals surface area contributed by atoms with Gasteiger partial charge in [-0.3, -0.25) is 0 Å². The minimum Gasteiger partial charge on any atom is -0.493 e. The molecule has 0 saturated heterocycles. The SMILES string of the molecule is CCNC(=NCc1ccccc1OCCC(C)C)NC(C)CCS(C)(=O)=O. The van der Waals surface area contributed by atoms with Crippen LogP contribution in [0.2, 0.25) is 0 Å². The smallest absolute Gasteiger partial charge is 0.191 e. The van der Waals surface area contributed by atoms with Gasteiger partial charge >= 0.3 is 0 Å². The minimum atomic E-state index is -2.96. The number of benzene rings is 1. The van der Waals surface area contributed by atoms with Gasteiger partial charge in [-0.2, -0.15) is 0 Å². The molecule has 1 unspecified atom stereocenters. The van der Waals surface area contributed by atoms with Gasteiger partial charge in [-0.05, 0) is 38.7 Å². The molecular formula is C20H35N3O3S. The van der Waals surface area contributed by atoms with Gasteiger partial charge in [0.1, 0.15) is 15.6 Å². The van der Waals surface area contributed by atoms with Crippen LogP contribution in [0.4, 0.5) is 0 Å². The van der Waals surface area contributed by atoms with Gasteiger partial charge in [0.25, 0.3) is 0 Å². The van der Waals surface area contributed by atoms with Gasteiger partial charge in [-0.25, -0.2) is 13.4 Å². The van der Waals surface area contributed by atoms with Crippen molar-refractivity contribution in [1.82, 2.24) is 10.6 Å². The van der Waals surface area contributed by atoms with Crippen molar-refractivity contribution >= 4 is 15.8 Å². The van der Waals surface area contributed by atoms with Crippen molar-refractivity contribution in [3.05, 3.63) is 29.8 Å². The number of para-hydroxylation sites is 1. The molecule has 1 atom stereocenters. The molecule has 0 saturated carbocycles. The van der Waals surface area contributed by atoms with Gasteiger partial charge in [0, 0.05) is 24.4 Å². The van der Waals surface area contributed by atoms with Crippen LogP contribution < -0.4 is 15.4 Å². The lowest BCUT2D eigenvalue weighted by Crippen LogP contribution is -2.42. The Bertz CT molecular complexity index is 687. The summed E-state index contributed by atoms with van der Waals surface area (Å²) in [5, 5.41) is 6.48. The first-order chi connectivity index (χ1) is 12.7. The molecule has 2 N–H and O–H groups in total. The number of hydrogen-bond acceptors (Lipinski definition) is 4. The fraction of sp³-hybridized carbons (Fsp3) is 0.650. The number of aliphatic imine (C=N–C) groups is 1. The summed E-state index contributed by atoms with van der Waals surface area (Å²) in [6.45, 7) is 10.2. The molecule has 0 radical (unpaired) electrons. The molecule has 0 spiro atoms. The van der Waals surface area contributed by atoms with E-state index in [0.29, 0.717) is 31.4 Å². The second-order valence-corrected chi connectivity index (χ2v) is 9.56. The van der Waals surface area contributed by atoms with Crippen molar-refractivity contribution in [2.45, 2.75) is 53.1 Å². The van der Waals surface area contributed by atoms with Crippen LogP contribution in [0.3, 0.4) is 0 Å². The Morgan fingerprint density at radius 1 is 1.19 bits per heavy atom. The van der Waals surface area contributed by atoms with E-state index >= 15 is 0 Å². The maximum atomic E-state index is 11.3. The van der Waals surface area contributed by atoms with Crippen molar-refractivity contribution < 1.29 is 13.2 Å². The lowest BCUT2D eigenvalue weighted by Gasteiger charge is -2.18. The zero-order valence-electron chi connectivity index (χ0n) is 17.3. The summed E-state index contributed by atoms with van der Waals surface area (Å²) >= 11 is 0. The molecule has 0 aliphatic carbocycles. The largest absolute Gasteiger partial charge is 0.493 e. The highest BCUT2D eigenvalue weighted by molar-refractivity contribution is 7.90. The monoisotopic (exact) mass is 397 g/mol. The number of guanidine groups is 1. The standard InChI is InChI=1S/C20H35N3O3S/c1-6-21-20(23-17(4)12-14-27(5,24)25)22-15-18-9-7-8-10-19(18)26-13-11-16(2)3/h7-10,16-17H,6,11-15H2,1-5H3,(H2,21,22,23). The Kier molecular flexibility index (Phi) is 10.2. The topological polar surface area (TPSA) is 79.8 Å². The average Bonchev–Trinajstić information content (AvgIpc) is 2.58. The number of hydrogen-bond donors (Lipinski definition) is 2. The van der Waals surface area contributed by atoms with Crippen LogP contribution in [0, 0.1) is 5.92 Å². The van der Waals surface area contributed by atoms with E-state index in [1.54, 1.807) is 0 Å². The predicted molar refractivity (Wildman–Crippen MR) is 113 cm³/mol. The van der Waals surface area contributed by atoms with Crippen LogP contribution in [-0.4, -0.2) is 45.6 Å². The normalized spacial score (nSPS) is 13.5. The first-order valence-electron chi connectivity index (χ1n) is 9.64. The Hall–Kier alpha value is -1.76. The minimum absolute atomic E-state index is 0.00932. The first-order valence-corrected chi connectivity index (χ1v) is 11.7. The molecule has 1 aromatic carbocycles. The van der Waals surface area contributed by atoms with Gasteiger partial charge in [0.05, 0.1) is 18.9 Å². The maximum absolute atomic E-state index is 11.3. The van der Waals surface area contributed by atoms with Crippen molar-refractivity contribution in [2.75, 3.05) is 25.2 Å². The molecule has 0 fully saturated rings. The maximum Gasteiger partial charge on any atom is 0.191 e. The lowest BCUT2D eigenvalue weighted by molar-refractivity contribution is 0.287. The molecule has 0 bridgehead atoms. The molecule has 6 nitrogen and oxygen atoms in total. The second-order valence-electron chi connectivity index (χ2n) is 7.30. The third kappa shape index (κ3) is 10.9. The summed E-state index contributed by atoms with van der Waals surface area (Å²) in [5.41, 5.74) is 1.03. The van der Waals surface area contributed by atoms with E-state index in [9.17, 15) is 8.42 Å². The first kappa shape index (κ1) is 23.3. The highest BCUT2D eigenvalue weighted by atomic mass is 32.2. The van der Waals surface area contributed by atoms with E-state index < -0.39 is 9.84 Å². The van der Waals surface area contributed by atoms with Gasteiger partial charge in [-0.1, -0.05) is 32.0 Å². The van der Waals surface area contributed by atoms with Gasteiger partial charge in [-0.15, -0.1) is 0 Å². The van der Waals surface area contributed by atoms with Crippen molar-refractivity contribution in [1.29, 1.82) is 0 Å². The van der Waals surface area contributed by atoms with Crippen LogP contribution in [0.1, 0.15) is 46.1 Å². The second kappa shape index (κ2) is 11.8. The molecule has 0 amide bonds. The summed E-state index contributed by atoms with van der Waals surface area (Å²) < 4.78 is 28.6. The van der Waals surface area contributed by atoms with Crippen molar-refractivity contribution in [3.8, 4) is 5.75 Å². The number of rotatable bonds is 11. The molecule has 1 aromatic rings. The van der Waals surface area contributed by atoms with E-state index in [2.05, 4.69) is 29.5 Å². The third-order valence-electron chi connectivity index (χ3n) is 3.98. The van der Waals surface area contributed by atoms with Crippen LogP contribution in [0.25, 0.3) is 0 Å². The number of sulfone groups is 1. The number of nitrogens with one attached hydrogen (secondary N) is 2. The average molecular weight is 398 g/mol. The molecule has 0 aromatic heterocycles. The fourth-order valence-electron chi connectivity index (χ4n) is 2.36. The van der Waals surface area contributed by atoms with Crippen LogP contribution in [0.15, 0.2) is 29.3 Å². The Balaban J connectivity index is 2.71. The Labute approximate surface area is 164 Å². The van der Waals surface area contributed by atoms with Gasteiger partial charge in [0.15, 0.2) is 5.96 Å². The van der Waals surface area contributed by atoms with E-state index in [-0.39, 0.29) is 11.8 Å². The van der Waals surface area contributed by atoms with Crippen molar-refractivity contribution in [3.63, 3.8) is 0 Å². The molecule has 0 aliphatic heterocycles. The van der Waals surface area contributed by atoms with E-state index in [0.717, 1.165) is 24.3 Å². The van der Waals surface area contributed by atoms with Crippen molar-refractivity contribution in [2.24, 2.45) is 10.9 Å². The molecule has 1 rings (SSSR count). The highest BCUT2D eigenvalue weighted by Gasteiger charge is 2.10. The zero-order chi connectivity index (χ0) is 20.3. The third-order valence-corrected chi connectivity index (χ3v) is 4.96. The number of nitrogens with zero attached hydrogens (tertiary/aromatic N) is 1. The van der Waals surface area contributed by atoms with Gasteiger partial charge in [0.2, 0.25) is 0 Å². The highest BCUT2D eigenvalue weighted by Crippen LogP contribution is 2.19. The molecule has 0 heterocycles. The lowest BCUT2D eigenvalue weighted by atomic mass is 10.1. The molecular weight excluding hydrogens is 362 g/mol. The van der Waals surface area contributed by atoms with Gasteiger partial charge < -0.3 is 15.4 Å². The predicted octanol–water partition coefficient (Wildman–Crippen LogP) is 2.99.